The maximum absolute atomic E-state index is 9.59. The molecule has 2 aromatic carbocycles. The van der Waals surface area contributed by atoms with Gasteiger partial charge in [-0.1, -0.05) is 37.3 Å². The molecule has 0 spiro atoms. The van der Waals surface area contributed by atoms with Crippen LogP contribution in [-0.4, -0.2) is 24.8 Å². The molecular formula is C18H23NO2. The highest BCUT2D eigenvalue weighted by Gasteiger charge is 2.12. The van der Waals surface area contributed by atoms with Gasteiger partial charge in [-0.15, -0.1) is 0 Å². The van der Waals surface area contributed by atoms with Gasteiger partial charge in [0.05, 0.1) is 7.11 Å². The van der Waals surface area contributed by atoms with E-state index in [2.05, 4.69) is 18.3 Å². The van der Waals surface area contributed by atoms with E-state index < -0.39 is 0 Å². The molecule has 21 heavy (non-hydrogen) atoms. The van der Waals surface area contributed by atoms with Gasteiger partial charge in [0, 0.05) is 6.04 Å². The molecule has 2 aromatic rings. The van der Waals surface area contributed by atoms with Crippen LogP contribution in [0.15, 0.2) is 48.5 Å². The summed E-state index contributed by atoms with van der Waals surface area (Å²) in [5, 5.41) is 13.1. The second-order valence-corrected chi connectivity index (χ2v) is 5.14. The summed E-state index contributed by atoms with van der Waals surface area (Å²) in [6, 6.07) is 15.9. The average Bonchev–Trinajstić information content (AvgIpc) is 2.48. The Bertz CT molecular complexity index is 569. The van der Waals surface area contributed by atoms with Crippen LogP contribution in [0.1, 0.15) is 18.1 Å². The third-order valence-corrected chi connectivity index (χ3v) is 3.54. The number of phenolic OH excluding ortho intramolecular Hbond substituents is 1. The van der Waals surface area contributed by atoms with Gasteiger partial charge in [-0.05, 0) is 48.7 Å². The van der Waals surface area contributed by atoms with Gasteiger partial charge >= 0.3 is 0 Å². The Labute approximate surface area is 126 Å². The molecule has 2 N–H and O–H groups in total. The molecule has 0 aliphatic rings. The maximum Gasteiger partial charge on any atom is 0.122 e. The van der Waals surface area contributed by atoms with Crippen LogP contribution >= 0.6 is 0 Å². The number of para-hydroxylation sites is 1. The summed E-state index contributed by atoms with van der Waals surface area (Å²) in [5.74, 6) is 1.25. The summed E-state index contributed by atoms with van der Waals surface area (Å²) in [4.78, 5) is 0. The molecule has 112 valence electrons. The Hall–Kier alpha value is -2.00. The topological polar surface area (TPSA) is 41.5 Å². The highest BCUT2D eigenvalue weighted by Crippen LogP contribution is 2.21. The summed E-state index contributed by atoms with van der Waals surface area (Å²) in [6.45, 7) is 3.02. The molecule has 0 radical (unpaired) electrons. The van der Waals surface area contributed by atoms with Gasteiger partial charge in [-0.3, -0.25) is 0 Å². The number of benzene rings is 2. The number of likely N-dealkylation sites (N-methyl/N-ethyl adjacent to an activating group) is 1. The molecule has 3 nitrogen and oxygen atoms in total. The summed E-state index contributed by atoms with van der Waals surface area (Å²) < 4.78 is 5.43. The molecule has 0 fully saturated rings. The first-order chi connectivity index (χ1) is 10.2. The first-order valence-electron chi connectivity index (χ1n) is 7.36. The number of hydrogen-bond acceptors (Lipinski definition) is 3. The van der Waals surface area contributed by atoms with Gasteiger partial charge < -0.3 is 15.2 Å². The lowest BCUT2D eigenvalue weighted by molar-refractivity contribution is 0.404. The fourth-order valence-corrected chi connectivity index (χ4v) is 2.61. The molecule has 0 heterocycles. The summed E-state index contributed by atoms with van der Waals surface area (Å²) in [5.41, 5.74) is 2.34. The van der Waals surface area contributed by atoms with E-state index in [-0.39, 0.29) is 0 Å². The second-order valence-electron chi connectivity index (χ2n) is 5.14. The Morgan fingerprint density at radius 2 is 1.90 bits per heavy atom. The zero-order valence-corrected chi connectivity index (χ0v) is 12.7. The van der Waals surface area contributed by atoms with Crippen LogP contribution in [0.25, 0.3) is 0 Å². The van der Waals surface area contributed by atoms with Crippen LogP contribution in [0.4, 0.5) is 0 Å². The van der Waals surface area contributed by atoms with Gasteiger partial charge in [0.2, 0.25) is 0 Å². The number of ether oxygens (including phenoxy) is 1. The SMILES string of the molecule is CCNC(Cc1cccc(O)c1)Cc1ccccc1OC. The minimum Gasteiger partial charge on any atom is -0.508 e. The van der Waals surface area contributed by atoms with Gasteiger partial charge in [0.1, 0.15) is 11.5 Å². The van der Waals surface area contributed by atoms with E-state index in [4.69, 9.17) is 4.74 Å². The number of nitrogens with one attached hydrogen (secondary N) is 1. The second kappa shape index (κ2) is 7.70. The van der Waals surface area contributed by atoms with Gasteiger partial charge in [-0.2, -0.15) is 0 Å². The molecule has 2 rings (SSSR count). The van der Waals surface area contributed by atoms with Crippen molar-refractivity contribution in [2.24, 2.45) is 0 Å². The van der Waals surface area contributed by atoms with Crippen molar-refractivity contribution in [2.75, 3.05) is 13.7 Å². The van der Waals surface area contributed by atoms with E-state index in [0.717, 1.165) is 30.7 Å². The molecule has 0 aliphatic carbocycles. The van der Waals surface area contributed by atoms with Crippen molar-refractivity contribution in [2.45, 2.75) is 25.8 Å². The predicted octanol–water partition coefficient (Wildman–Crippen LogP) is 3.16. The molecule has 3 heteroatoms. The van der Waals surface area contributed by atoms with Crippen LogP contribution in [0.2, 0.25) is 0 Å². The summed E-state index contributed by atoms with van der Waals surface area (Å²) in [7, 11) is 1.70. The fraction of sp³-hybridized carbons (Fsp3) is 0.333. The van der Waals surface area contributed by atoms with E-state index in [1.807, 2.05) is 36.4 Å². The van der Waals surface area contributed by atoms with Gasteiger partial charge in [-0.25, -0.2) is 0 Å². The molecule has 0 aliphatic heterocycles. The van der Waals surface area contributed by atoms with Gasteiger partial charge in [0.25, 0.3) is 0 Å². The van der Waals surface area contributed by atoms with E-state index in [1.165, 1.54) is 5.56 Å². The minimum absolute atomic E-state index is 0.313. The zero-order valence-electron chi connectivity index (χ0n) is 12.7. The van der Waals surface area contributed by atoms with E-state index in [1.54, 1.807) is 13.2 Å². The fourth-order valence-electron chi connectivity index (χ4n) is 2.61. The van der Waals surface area contributed by atoms with Crippen molar-refractivity contribution >= 4 is 0 Å². The third-order valence-electron chi connectivity index (χ3n) is 3.54. The highest BCUT2D eigenvalue weighted by molar-refractivity contribution is 5.34. The largest absolute Gasteiger partial charge is 0.508 e. The Morgan fingerprint density at radius 1 is 1.10 bits per heavy atom. The van der Waals surface area contributed by atoms with Crippen LogP contribution in [0.3, 0.4) is 0 Å². The lowest BCUT2D eigenvalue weighted by Gasteiger charge is -2.19. The lowest BCUT2D eigenvalue weighted by Crippen LogP contribution is -2.33. The first kappa shape index (κ1) is 15.4. The molecular weight excluding hydrogens is 262 g/mol. The molecule has 1 atom stereocenters. The van der Waals surface area contributed by atoms with Crippen molar-refractivity contribution in [1.82, 2.24) is 5.32 Å². The smallest absolute Gasteiger partial charge is 0.122 e. The van der Waals surface area contributed by atoms with Crippen molar-refractivity contribution < 1.29 is 9.84 Å². The third kappa shape index (κ3) is 4.50. The maximum atomic E-state index is 9.59. The zero-order chi connectivity index (χ0) is 15.1. The van der Waals surface area contributed by atoms with Crippen LogP contribution in [0.5, 0.6) is 11.5 Å². The molecule has 0 saturated heterocycles. The number of rotatable bonds is 7. The molecule has 0 bridgehead atoms. The molecule has 0 amide bonds. The van der Waals surface area contributed by atoms with Crippen LogP contribution in [0, 0.1) is 0 Å². The Kier molecular flexibility index (Phi) is 5.64. The quantitative estimate of drug-likeness (QED) is 0.821. The Balaban J connectivity index is 2.11. The molecule has 1 unspecified atom stereocenters. The standard InChI is InChI=1S/C18H23NO2/c1-3-19-16(11-14-7-6-9-17(20)12-14)13-15-8-4-5-10-18(15)21-2/h4-10,12,16,19-20H,3,11,13H2,1-2H3. The predicted molar refractivity (Wildman–Crippen MR) is 86.0 cm³/mol. The van der Waals surface area contributed by atoms with Crippen molar-refractivity contribution in [3.8, 4) is 11.5 Å². The monoisotopic (exact) mass is 285 g/mol. The van der Waals surface area contributed by atoms with Crippen molar-refractivity contribution in [3.05, 3.63) is 59.7 Å². The average molecular weight is 285 g/mol. The number of phenols is 1. The number of methoxy groups -OCH3 is 1. The van der Waals surface area contributed by atoms with E-state index >= 15 is 0 Å². The van der Waals surface area contributed by atoms with Crippen molar-refractivity contribution in [3.63, 3.8) is 0 Å². The summed E-state index contributed by atoms with van der Waals surface area (Å²) >= 11 is 0. The van der Waals surface area contributed by atoms with Gasteiger partial charge in [0.15, 0.2) is 0 Å². The molecule has 0 aromatic heterocycles. The number of aromatic hydroxyl groups is 1. The first-order valence-corrected chi connectivity index (χ1v) is 7.36. The minimum atomic E-state index is 0.313. The highest BCUT2D eigenvalue weighted by atomic mass is 16.5. The van der Waals surface area contributed by atoms with Crippen LogP contribution < -0.4 is 10.1 Å². The number of hydrogen-bond donors (Lipinski definition) is 2. The van der Waals surface area contributed by atoms with Crippen LogP contribution in [-0.2, 0) is 12.8 Å². The van der Waals surface area contributed by atoms with E-state index in [9.17, 15) is 5.11 Å². The van der Waals surface area contributed by atoms with E-state index in [0.29, 0.717) is 11.8 Å². The lowest BCUT2D eigenvalue weighted by atomic mass is 9.98. The normalized spacial score (nSPS) is 12.1. The van der Waals surface area contributed by atoms with Crippen molar-refractivity contribution in [1.29, 1.82) is 0 Å². The summed E-state index contributed by atoms with van der Waals surface area (Å²) in [6.07, 6.45) is 1.77. The Morgan fingerprint density at radius 3 is 2.62 bits per heavy atom. The molecule has 0 saturated carbocycles.